The highest BCUT2D eigenvalue weighted by molar-refractivity contribution is 6.34. The molecule has 0 aliphatic carbocycles. The highest BCUT2D eigenvalue weighted by Gasteiger charge is 2.27. The summed E-state index contributed by atoms with van der Waals surface area (Å²) in [4.78, 5) is 10.9. The van der Waals surface area contributed by atoms with Crippen molar-refractivity contribution in [3.63, 3.8) is 0 Å². The highest BCUT2D eigenvalue weighted by atomic mass is 16.3. The molecule has 0 aliphatic rings. The van der Waals surface area contributed by atoms with Crippen molar-refractivity contribution < 1.29 is 4.42 Å². The molecule has 0 amide bonds. The lowest BCUT2D eigenvalue weighted by Gasteiger charge is -2.11. The molecule has 0 fully saturated rings. The van der Waals surface area contributed by atoms with Crippen molar-refractivity contribution in [1.82, 2.24) is 18.9 Å². The largest absolute Gasteiger partial charge is 0.452 e. The first-order chi connectivity index (χ1) is 27.3. The summed E-state index contributed by atoms with van der Waals surface area (Å²) in [5.74, 6) is 0.610. The van der Waals surface area contributed by atoms with E-state index < -0.39 is 0 Å². The standard InChI is InChI=1S/C50H28N4O/c1-2-13-30(14-3-1)45-49-46(36-18-8-11-21-43(36)55-49)52-50(51-45)54-42-25-24-33(32-23-22-29-12-4-5-15-31(29)26-32)27-37(42)39-28-38-34-16-6-9-19-40(34)53-41-20-10-7-17-35(41)44(47(38)53)48(39)54/h1-28H. The molecule has 0 atom stereocenters. The number of aromatic nitrogens is 4. The molecule has 13 rings (SSSR count). The van der Waals surface area contributed by atoms with Crippen LogP contribution in [0.25, 0.3) is 121 Å². The first kappa shape index (κ1) is 29.0. The summed E-state index contributed by atoms with van der Waals surface area (Å²) >= 11 is 0. The number of benzene rings is 8. The number of nitrogens with zero attached hydrogens (tertiary/aromatic N) is 4. The van der Waals surface area contributed by atoms with Gasteiger partial charge in [-0.15, -0.1) is 0 Å². The smallest absolute Gasteiger partial charge is 0.236 e. The van der Waals surface area contributed by atoms with E-state index in [-0.39, 0.29) is 0 Å². The number of fused-ring (bicyclic) bond motifs is 14. The predicted molar refractivity (Wildman–Crippen MR) is 227 cm³/mol. The summed E-state index contributed by atoms with van der Waals surface area (Å²) < 4.78 is 11.3. The minimum atomic E-state index is 0.610. The van der Waals surface area contributed by atoms with Crippen LogP contribution >= 0.6 is 0 Å². The van der Waals surface area contributed by atoms with Crippen LogP contribution in [-0.4, -0.2) is 18.9 Å². The maximum atomic E-state index is 6.53. The second-order valence-corrected chi connectivity index (χ2v) is 14.6. The monoisotopic (exact) mass is 700 g/mol. The van der Waals surface area contributed by atoms with Gasteiger partial charge in [-0.1, -0.05) is 121 Å². The lowest BCUT2D eigenvalue weighted by Crippen LogP contribution is -2.03. The summed E-state index contributed by atoms with van der Waals surface area (Å²) in [5, 5.41) is 10.6. The van der Waals surface area contributed by atoms with Crippen molar-refractivity contribution >= 4 is 92.7 Å². The van der Waals surface area contributed by atoms with E-state index in [2.05, 4.69) is 142 Å². The van der Waals surface area contributed by atoms with Gasteiger partial charge in [-0.25, -0.2) is 9.97 Å². The summed E-state index contributed by atoms with van der Waals surface area (Å²) in [6.07, 6.45) is 0. The molecule has 5 aromatic heterocycles. The van der Waals surface area contributed by atoms with Gasteiger partial charge in [-0.3, -0.25) is 4.57 Å². The van der Waals surface area contributed by atoms with Crippen LogP contribution in [0.15, 0.2) is 174 Å². The van der Waals surface area contributed by atoms with Gasteiger partial charge in [0.2, 0.25) is 5.95 Å². The fourth-order valence-electron chi connectivity index (χ4n) is 9.23. The lowest BCUT2D eigenvalue weighted by atomic mass is 9.98. The average molecular weight is 701 g/mol. The SMILES string of the molecule is c1ccc(-c2nc(-n3c4ccc(-c5ccc6ccccc6c5)cc4c4cc5c6ccccc6n6c7ccccc7c(c43)c56)nc3c2oc2ccccc23)cc1. The fourth-order valence-corrected chi connectivity index (χ4v) is 9.23. The number of furan rings is 1. The van der Waals surface area contributed by atoms with Gasteiger partial charge in [-0.2, -0.15) is 0 Å². The van der Waals surface area contributed by atoms with Crippen molar-refractivity contribution in [3.05, 3.63) is 170 Å². The second-order valence-electron chi connectivity index (χ2n) is 14.6. The predicted octanol–water partition coefficient (Wildman–Crippen LogP) is 13.1. The van der Waals surface area contributed by atoms with E-state index in [0.29, 0.717) is 11.5 Å². The van der Waals surface area contributed by atoms with Crippen LogP contribution in [0, 0.1) is 0 Å². The molecule has 5 heterocycles. The Labute approximate surface area is 313 Å². The van der Waals surface area contributed by atoms with Crippen LogP contribution in [0.5, 0.6) is 0 Å². The molecule has 5 nitrogen and oxygen atoms in total. The van der Waals surface area contributed by atoms with E-state index >= 15 is 0 Å². The van der Waals surface area contributed by atoms with E-state index in [0.717, 1.165) is 44.2 Å². The minimum Gasteiger partial charge on any atom is -0.452 e. The molecular weight excluding hydrogens is 673 g/mol. The molecule has 0 radical (unpaired) electrons. The molecule has 0 unspecified atom stereocenters. The number of hydrogen-bond donors (Lipinski definition) is 0. The highest BCUT2D eigenvalue weighted by Crippen LogP contribution is 2.47. The zero-order valence-electron chi connectivity index (χ0n) is 29.4. The van der Waals surface area contributed by atoms with Crippen LogP contribution in [-0.2, 0) is 0 Å². The molecule has 8 aromatic carbocycles. The van der Waals surface area contributed by atoms with Gasteiger partial charge in [0.05, 0.1) is 27.6 Å². The van der Waals surface area contributed by atoms with E-state index in [1.54, 1.807) is 0 Å². The topological polar surface area (TPSA) is 48.3 Å². The Bertz CT molecular complexity index is 3720. The molecule has 5 heteroatoms. The lowest BCUT2D eigenvalue weighted by molar-refractivity contribution is 0.666. The molecule has 0 bridgehead atoms. The van der Waals surface area contributed by atoms with Crippen molar-refractivity contribution in [3.8, 4) is 28.3 Å². The van der Waals surface area contributed by atoms with Crippen molar-refractivity contribution in [2.75, 3.05) is 0 Å². The van der Waals surface area contributed by atoms with Crippen LogP contribution in [0.4, 0.5) is 0 Å². The maximum absolute atomic E-state index is 6.53. The van der Waals surface area contributed by atoms with E-state index in [9.17, 15) is 0 Å². The minimum absolute atomic E-state index is 0.610. The number of hydrogen-bond acceptors (Lipinski definition) is 3. The summed E-state index contributed by atoms with van der Waals surface area (Å²) in [6, 6.07) is 60.6. The third-order valence-electron chi connectivity index (χ3n) is 11.6. The molecule has 13 aromatic rings. The van der Waals surface area contributed by atoms with E-state index in [4.69, 9.17) is 14.4 Å². The molecule has 0 saturated heterocycles. The maximum Gasteiger partial charge on any atom is 0.236 e. The third kappa shape index (κ3) is 3.86. The van der Waals surface area contributed by atoms with Gasteiger partial charge in [0.25, 0.3) is 0 Å². The van der Waals surface area contributed by atoms with Gasteiger partial charge in [0.1, 0.15) is 16.8 Å². The molecular formula is C50H28N4O. The van der Waals surface area contributed by atoms with Gasteiger partial charge in [0, 0.05) is 43.3 Å². The van der Waals surface area contributed by atoms with E-state index in [1.165, 1.54) is 65.4 Å². The Hall–Kier alpha value is -7.50. The Morgan fingerprint density at radius 1 is 0.418 bits per heavy atom. The Balaban J connectivity index is 1.23. The van der Waals surface area contributed by atoms with Crippen LogP contribution in [0.2, 0.25) is 0 Å². The summed E-state index contributed by atoms with van der Waals surface area (Å²) in [5.41, 5.74) is 12.1. The third-order valence-corrected chi connectivity index (χ3v) is 11.6. The zero-order chi connectivity index (χ0) is 35.8. The quantitative estimate of drug-likeness (QED) is 0.184. The Kier molecular flexibility index (Phi) is 5.57. The second kappa shape index (κ2) is 10.6. The zero-order valence-corrected chi connectivity index (χ0v) is 29.4. The van der Waals surface area contributed by atoms with Crippen LogP contribution in [0.1, 0.15) is 0 Å². The molecule has 0 aliphatic heterocycles. The average Bonchev–Trinajstić information content (AvgIpc) is 3.99. The molecule has 55 heavy (non-hydrogen) atoms. The van der Waals surface area contributed by atoms with Gasteiger partial charge in [0.15, 0.2) is 5.58 Å². The van der Waals surface area contributed by atoms with Gasteiger partial charge < -0.3 is 8.82 Å². The number of para-hydroxylation sites is 3. The van der Waals surface area contributed by atoms with E-state index in [1.807, 2.05) is 36.4 Å². The van der Waals surface area contributed by atoms with Crippen molar-refractivity contribution in [2.24, 2.45) is 0 Å². The summed E-state index contributed by atoms with van der Waals surface area (Å²) in [7, 11) is 0. The number of rotatable bonds is 3. The van der Waals surface area contributed by atoms with Crippen LogP contribution < -0.4 is 0 Å². The molecule has 0 N–H and O–H groups in total. The Morgan fingerprint density at radius 2 is 1.09 bits per heavy atom. The summed E-state index contributed by atoms with van der Waals surface area (Å²) in [6.45, 7) is 0. The Morgan fingerprint density at radius 3 is 1.96 bits per heavy atom. The molecule has 0 spiro atoms. The van der Waals surface area contributed by atoms with Gasteiger partial charge in [-0.05, 0) is 70.4 Å². The van der Waals surface area contributed by atoms with Crippen molar-refractivity contribution in [1.29, 1.82) is 0 Å². The first-order valence-electron chi connectivity index (χ1n) is 18.7. The van der Waals surface area contributed by atoms with Crippen LogP contribution in [0.3, 0.4) is 0 Å². The normalized spacial score (nSPS) is 12.4. The van der Waals surface area contributed by atoms with Gasteiger partial charge >= 0.3 is 0 Å². The molecule has 254 valence electrons. The fraction of sp³-hybridized carbons (Fsp3) is 0. The van der Waals surface area contributed by atoms with Crippen molar-refractivity contribution in [2.45, 2.75) is 0 Å². The molecule has 0 saturated carbocycles. The first-order valence-corrected chi connectivity index (χ1v) is 18.7.